The average molecular weight is 397 g/mol. The molecule has 5 heteroatoms. The minimum Gasteiger partial charge on any atom is -0.396 e. The maximum absolute atomic E-state index is 11.8. The molecule has 2 unspecified atom stereocenters. The predicted octanol–water partition coefficient (Wildman–Crippen LogP) is 4.95. The zero-order valence-electron chi connectivity index (χ0n) is 17.1. The Hall–Kier alpha value is -0.150. The van der Waals surface area contributed by atoms with Crippen LogP contribution in [0.2, 0.25) is 0 Å². The fourth-order valence-corrected chi connectivity index (χ4v) is 8.97. The number of hydrogen-bond donors (Lipinski definition) is 3. The summed E-state index contributed by atoms with van der Waals surface area (Å²) in [6.45, 7) is 7.43. The molecule has 3 fully saturated rings. The van der Waals surface area contributed by atoms with Crippen LogP contribution in [0.4, 0.5) is 0 Å². The maximum Gasteiger partial charge on any atom is 0.351 e. The summed E-state index contributed by atoms with van der Waals surface area (Å²) in [6, 6.07) is 0. The van der Waals surface area contributed by atoms with Crippen LogP contribution in [0.3, 0.4) is 0 Å². The zero-order valence-corrected chi connectivity index (χ0v) is 18.0. The van der Waals surface area contributed by atoms with Crippen molar-refractivity contribution >= 4 is 7.60 Å². The molecule has 4 nitrogen and oxygen atoms in total. The maximum atomic E-state index is 11.8. The van der Waals surface area contributed by atoms with E-state index in [0.717, 1.165) is 24.7 Å². The molecule has 154 valence electrons. The highest BCUT2D eigenvalue weighted by atomic mass is 31.2. The molecular weight excluding hydrogens is 359 g/mol. The quantitative estimate of drug-likeness (QED) is 0.590. The summed E-state index contributed by atoms with van der Waals surface area (Å²) in [5.41, 5.74) is 0.567. The van der Waals surface area contributed by atoms with Gasteiger partial charge in [0.1, 0.15) is 0 Å². The lowest BCUT2D eigenvalue weighted by Gasteiger charge is -2.60. The molecular formula is C22H37O4P. The highest BCUT2D eigenvalue weighted by molar-refractivity contribution is 7.56. The van der Waals surface area contributed by atoms with Crippen molar-refractivity contribution in [2.75, 3.05) is 6.61 Å². The second kappa shape index (κ2) is 6.69. The van der Waals surface area contributed by atoms with Crippen molar-refractivity contribution in [1.82, 2.24) is 0 Å². The van der Waals surface area contributed by atoms with Gasteiger partial charge in [0.05, 0.1) is 0 Å². The molecule has 0 saturated heterocycles. The fourth-order valence-electron chi connectivity index (χ4n) is 8.19. The highest BCUT2D eigenvalue weighted by Gasteiger charge is 2.60. The minimum atomic E-state index is -4.08. The lowest BCUT2D eigenvalue weighted by atomic mass is 9.45. The van der Waals surface area contributed by atoms with Gasteiger partial charge in [0.15, 0.2) is 0 Å². The molecule has 4 aliphatic rings. The number of rotatable bonds is 3. The van der Waals surface area contributed by atoms with Gasteiger partial charge in [0.25, 0.3) is 0 Å². The minimum absolute atomic E-state index is 0.198. The number of allylic oxidation sites excluding steroid dienone is 2. The molecule has 27 heavy (non-hydrogen) atoms. The lowest BCUT2D eigenvalue weighted by molar-refractivity contribution is -0.0973. The van der Waals surface area contributed by atoms with Crippen molar-refractivity contribution in [2.24, 2.45) is 46.3 Å². The van der Waals surface area contributed by atoms with E-state index in [1.807, 2.05) is 6.08 Å². The Labute approximate surface area is 164 Å². The van der Waals surface area contributed by atoms with Gasteiger partial charge in [-0.2, -0.15) is 0 Å². The van der Waals surface area contributed by atoms with Crippen molar-refractivity contribution in [2.45, 2.75) is 72.1 Å². The Morgan fingerprint density at radius 2 is 1.78 bits per heavy atom. The molecule has 0 bridgehead atoms. The van der Waals surface area contributed by atoms with E-state index in [1.165, 1.54) is 32.1 Å². The van der Waals surface area contributed by atoms with Crippen LogP contribution in [-0.2, 0) is 4.57 Å². The van der Waals surface area contributed by atoms with E-state index in [-0.39, 0.29) is 5.41 Å². The average Bonchev–Trinajstić information content (AvgIpc) is 2.96. The van der Waals surface area contributed by atoms with Crippen LogP contribution in [0.5, 0.6) is 0 Å². The Bertz CT molecular complexity index is 669. The summed E-state index contributed by atoms with van der Waals surface area (Å²) in [4.78, 5) is 19.3. The van der Waals surface area contributed by atoms with Crippen molar-refractivity contribution in [3.63, 3.8) is 0 Å². The Balaban J connectivity index is 1.60. The third kappa shape index (κ3) is 3.01. The topological polar surface area (TPSA) is 77.8 Å². The second-order valence-corrected chi connectivity index (χ2v) is 12.3. The van der Waals surface area contributed by atoms with Gasteiger partial charge in [0, 0.05) is 11.9 Å². The molecule has 0 aliphatic heterocycles. The van der Waals surface area contributed by atoms with Gasteiger partial charge < -0.3 is 14.9 Å². The van der Waals surface area contributed by atoms with E-state index >= 15 is 0 Å². The largest absolute Gasteiger partial charge is 0.396 e. The van der Waals surface area contributed by atoms with Crippen LogP contribution in [0, 0.1) is 46.3 Å². The number of aliphatic hydroxyl groups is 1. The van der Waals surface area contributed by atoms with Crippen LogP contribution >= 0.6 is 7.60 Å². The summed E-state index contributed by atoms with van der Waals surface area (Å²) in [5.74, 6) is 3.57. The monoisotopic (exact) mass is 396 g/mol. The third-order valence-corrected chi connectivity index (χ3v) is 10.8. The summed E-state index contributed by atoms with van der Waals surface area (Å²) in [5, 5.41) is 10.1. The zero-order chi connectivity index (χ0) is 19.6. The predicted molar refractivity (Wildman–Crippen MR) is 107 cm³/mol. The molecule has 0 aromatic heterocycles. The number of fused-ring (bicyclic) bond motifs is 5. The molecule has 4 rings (SSSR count). The summed E-state index contributed by atoms with van der Waals surface area (Å²) in [7, 11) is -4.08. The normalized spacial score (nSPS) is 48.2. The molecule has 0 aromatic carbocycles. The highest BCUT2D eigenvalue weighted by Crippen LogP contribution is 2.69. The van der Waals surface area contributed by atoms with Crippen molar-refractivity contribution in [1.29, 1.82) is 0 Å². The Kier molecular flexibility index (Phi) is 4.99. The van der Waals surface area contributed by atoms with Crippen molar-refractivity contribution in [3.8, 4) is 0 Å². The molecule has 0 amide bonds. The summed E-state index contributed by atoms with van der Waals surface area (Å²) >= 11 is 0. The van der Waals surface area contributed by atoms with Gasteiger partial charge in [0.2, 0.25) is 0 Å². The van der Waals surface area contributed by atoms with Crippen LogP contribution < -0.4 is 0 Å². The van der Waals surface area contributed by atoms with E-state index in [2.05, 4.69) is 20.8 Å². The smallest absolute Gasteiger partial charge is 0.351 e. The lowest BCUT2D eigenvalue weighted by Crippen LogP contribution is -2.52. The van der Waals surface area contributed by atoms with Crippen molar-refractivity contribution < 1.29 is 19.5 Å². The van der Waals surface area contributed by atoms with Crippen LogP contribution in [0.25, 0.3) is 0 Å². The summed E-state index contributed by atoms with van der Waals surface area (Å²) in [6.07, 6.45) is 10.8. The Morgan fingerprint density at radius 3 is 2.44 bits per heavy atom. The first-order valence-electron chi connectivity index (χ1n) is 11.0. The molecule has 3 saturated carbocycles. The summed E-state index contributed by atoms with van der Waals surface area (Å²) < 4.78 is 11.8. The van der Waals surface area contributed by atoms with Gasteiger partial charge in [-0.25, -0.2) is 0 Å². The molecule has 3 N–H and O–H groups in total. The fraction of sp³-hybridized carbons (Fsp3) is 0.909. The van der Waals surface area contributed by atoms with Crippen molar-refractivity contribution in [3.05, 3.63) is 11.4 Å². The first-order chi connectivity index (χ1) is 12.6. The van der Waals surface area contributed by atoms with Crippen LogP contribution in [-0.4, -0.2) is 21.5 Å². The van der Waals surface area contributed by atoms with Gasteiger partial charge in [-0.1, -0.05) is 26.8 Å². The van der Waals surface area contributed by atoms with E-state index in [9.17, 15) is 19.5 Å². The van der Waals surface area contributed by atoms with Gasteiger partial charge in [-0.05, 0) is 97.7 Å². The van der Waals surface area contributed by atoms with E-state index in [0.29, 0.717) is 47.4 Å². The van der Waals surface area contributed by atoms with Gasteiger partial charge in [-0.3, -0.25) is 4.57 Å². The van der Waals surface area contributed by atoms with Gasteiger partial charge >= 0.3 is 7.60 Å². The first-order valence-corrected chi connectivity index (χ1v) is 12.6. The van der Waals surface area contributed by atoms with E-state index in [1.54, 1.807) is 0 Å². The molecule has 0 aromatic rings. The molecule has 0 radical (unpaired) electrons. The van der Waals surface area contributed by atoms with E-state index in [4.69, 9.17) is 0 Å². The van der Waals surface area contributed by atoms with Crippen LogP contribution in [0.1, 0.15) is 72.1 Å². The van der Waals surface area contributed by atoms with E-state index < -0.39 is 7.60 Å². The molecule has 0 heterocycles. The number of aliphatic hydroxyl groups excluding tert-OH is 1. The van der Waals surface area contributed by atoms with Crippen LogP contribution in [0.15, 0.2) is 11.4 Å². The third-order valence-electron chi connectivity index (χ3n) is 9.68. The molecule has 8 atom stereocenters. The van der Waals surface area contributed by atoms with Gasteiger partial charge in [-0.15, -0.1) is 0 Å². The standard InChI is InChI=1S/C22H37O4P/c1-14(13-23)18-6-7-19-17-5-4-15-12-16(27(24,25)26)8-10-21(15,2)20(17)9-11-22(18,19)3/h12,14-15,17-20,23H,4-11,13H2,1-3H3,(H2,24,25,26)/t14?,15?,17-,18+,19-,20-,21-,22+/m0/s1. The SMILES string of the molecule is CC(CO)[C@H]1CC[C@H]2[C@@H]3CCC4C=C(P(=O)(O)O)CC[C@]4(C)[C@H]3CC[C@]12C. The number of hydrogen-bond acceptors (Lipinski definition) is 2. The second-order valence-electron chi connectivity index (χ2n) is 10.7. The molecule has 4 aliphatic carbocycles. The Morgan fingerprint density at radius 1 is 1.07 bits per heavy atom. The molecule has 0 spiro atoms. The first kappa shape index (κ1) is 20.1.